The average Bonchev–Trinajstić information content (AvgIpc) is 2.46. The fourth-order valence-electron chi connectivity index (χ4n) is 1.82. The molecule has 0 amide bonds. The summed E-state index contributed by atoms with van der Waals surface area (Å²) in [7, 11) is 1.58. The third-order valence-corrected chi connectivity index (χ3v) is 3.19. The van der Waals surface area contributed by atoms with Gasteiger partial charge in [0.05, 0.1) is 35.1 Å². The molecule has 0 heterocycles. The van der Waals surface area contributed by atoms with E-state index in [-0.39, 0.29) is 0 Å². The summed E-state index contributed by atoms with van der Waals surface area (Å²) in [6, 6.07) is 12.8. The number of nitriles is 1. The van der Waals surface area contributed by atoms with E-state index in [9.17, 15) is 0 Å². The van der Waals surface area contributed by atoms with Crippen LogP contribution < -0.4 is 15.8 Å². The lowest BCUT2D eigenvalue weighted by Gasteiger charge is -2.10. The van der Waals surface area contributed by atoms with Crippen molar-refractivity contribution in [2.24, 2.45) is 0 Å². The summed E-state index contributed by atoms with van der Waals surface area (Å²) >= 11 is 6.10. The molecule has 102 valence electrons. The molecule has 2 rings (SSSR count). The molecule has 4 nitrogen and oxygen atoms in total. The van der Waals surface area contributed by atoms with Crippen LogP contribution in [0.15, 0.2) is 36.4 Å². The highest BCUT2D eigenvalue weighted by molar-refractivity contribution is 6.33. The topological polar surface area (TPSA) is 71.1 Å². The second-order valence-corrected chi connectivity index (χ2v) is 4.64. The van der Waals surface area contributed by atoms with E-state index < -0.39 is 0 Å². The van der Waals surface area contributed by atoms with Crippen molar-refractivity contribution in [3.8, 4) is 11.8 Å². The Morgan fingerprint density at radius 2 is 2.10 bits per heavy atom. The number of nitrogen functional groups attached to an aromatic ring is 1. The van der Waals surface area contributed by atoms with Gasteiger partial charge in [0.2, 0.25) is 0 Å². The van der Waals surface area contributed by atoms with Crippen LogP contribution in [0.3, 0.4) is 0 Å². The van der Waals surface area contributed by atoms with Gasteiger partial charge in [0.15, 0.2) is 0 Å². The number of methoxy groups -OCH3 is 1. The van der Waals surface area contributed by atoms with Crippen molar-refractivity contribution in [2.75, 3.05) is 18.2 Å². The van der Waals surface area contributed by atoms with Gasteiger partial charge >= 0.3 is 0 Å². The molecule has 0 aliphatic rings. The van der Waals surface area contributed by atoms with Gasteiger partial charge in [-0.05, 0) is 35.9 Å². The van der Waals surface area contributed by atoms with E-state index in [0.717, 1.165) is 11.3 Å². The third kappa shape index (κ3) is 3.14. The number of hydrogen-bond acceptors (Lipinski definition) is 4. The lowest BCUT2D eigenvalue weighted by atomic mass is 10.1. The van der Waals surface area contributed by atoms with Crippen LogP contribution in [0.5, 0.6) is 5.75 Å². The van der Waals surface area contributed by atoms with Crippen LogP contribution in [-0.4, -0.2) is 7.11 Å². The Morgan fingerprint density at radius 3 is 2.70 bits per heavy atom. The predicted molar refractivity (Wildman–Crippen MR) is 80.9 cm³/mol. The lowest BCUT2D eigenvalue weighted by molar-refractivity contribution is 0.417. The Balaban J connectivity index is 2.09. The summed E-state index contributed by atoms with van der Waals surface area (Å²) in [4.78, 5) is 0. The zero-order valence-corrected chi connectivity index (χ0v) is 11.7. The maximum Gasteiger partial charge on any atom is 0.141 e. The molecule has 0 aliphatic carbocycles. The van der Waals surface area contributed by atoms with Gasteiger partial charge < -0.3 is 15.8 Å². The smallest absolute Gasteiger partial charge is 0.141 e. The SMILES string of the molecule is COc1ccc(CNc2ccc(C#N)cc2Cl)cc1N. The molecular formula is C15H14ClN3O. The Morgan fingerprint density at radius 1 is 1.30 bits per heavy atom. The fraction of sp³-hybridized carbons (Fsp3) is 0.133. The van der Waals surface area contributed by atoms with Crippen LogP contribution in [-0.2, 0) is 6.54 Å². The minimum atomic E-state index is 0.519. The first kappa shape index (κ1) is 14.0. The van der Waals surface area contributed by atoms with E-state index in [2.05, 4.69) is 5.32 Å². The Bertz CT molecular complexity index is 665. The molecule has 3 N–H and O–H groups in total. The predicted octanol–water partition coefficient (Wildman–Crippen LogP) is 3.41. The molecule has 0 unspecified atom stereocenters. The first-order valence-corrected chi connectivity index (χ1v) is 6.37. The number of nitrogens with zero attached hydrogens (tertiary/aromatic N) is 1. The van der Waals surface area contributed by atoms with E-state index in [1.165, 1.54) is 0 Å². The number of nitrogens with two attached hydrogens (primary N) is 1. The summed E-state index contributed by atoms with van der Waals surface area (Å²) in [6.45, 7) is 0.583. The first-order chi connectivity index (χ1) is 9.63. The number of ether oxygens (including phenoxy) is 1. The molecule has 0 radical (unpaired) electrons. The standard InChI is InChI=1S/C15H14ClN3O/c1-20-15-5-3-11(7-13(15)18)9-19-14-4-2-10(8-17)6-12(14)16/h2-7,19H,9,18H2,1H3. The fourth-order valence-corrected chi connectivity index (χ4v) is 2.07. The highest BCUT2D eigenvalue weighted by Crippen LogP contribution is 2.25. The summed E-state index contributed by atoms with van der Waals surface area (Å²) < 4.78 is 5.11. The molecule has 0 aromatic heterocycles. The maximum absolute atomic E-state index is 8.79. The number of nitrogens with one attached hydrogen (secondary N) is 1. The second kappa shape index (κ2) is 6.18. The van der Waals surface area contributed by atoms with Gasteiger partial charge in [-0.15, -0.1) is 0 Å². The van der Waals surface area contributed by atoms with E-state index in [1.807, 2.05) is 24.3 Å². The van der Waals surface area contributed by atoms with Crippen LogP contribution in [0.2, 0.25) is 5.02 Å². The number of benzene rings is 2. The molecule has 0 atom stereocenters. The van der Waals surface area contributed by atoms with Crippen LogP contribution in [0.1, 0.15) is 11.1 Å². The molecule has 5 heteroatoms. The molecule has 0 aliphatic heterocycles. The zero-order chi connectivity index (χ0) is 14.5. The van der Waals surface area contributed by atoms with Crippen LogP contribution in [0, 0.1) is 11.3 Å². The van der Waals surface area contributed by atoms with Crippen molar-refractivity contribution in [1.82, 2.24) is 0 Å². The van der Waals surface area contributed by atoms with E-state index in [4.69, 9.17) is 27.3 Å². The molecule has 0 spiro atoms. The molecule has 20 heavy (non-hydrogen) atoms. The minimum absolute atomic E-state index is 0.519. The van der Waals surface area contributed by atoms with Crippen molar-refractivity contribution in [1.29, 1.82) is 5.26 Å². The van der Waals surface area contributed by atoms with Gasteiger partial charge in [0.25, 0.3) is 0 Å². The molecule has 0 bridgehead atoms. The monoisotopic (exact) mass is 287 g/mol. The third-order valence-electron chi connectivity index (χ3n) is 2.88. The maximum atomic E-state index is 8.79. The number of hydrogen-bond donors (Lipinski definition) is 2. The largest absolute Gasteiger partial charge is 0.495 e. The van der Waals surface area contributed by atoms with Crippen molar-refractivity contribution in [3.63, 3.8) is 0 Å². The van der Waals surface area contributed by atoms with E-state index in [1.54, 1.807) is 25.3 Å². The van der Waals surface area contributed by atoms with Crippen molar-refractivity contribution in [3.05, 3.63) is 52.5 Å². The van der Waals surface area contributed by atoms with Gasteiger partial charge in [0, 0.05) is 6.54 Å². The Hall–Kier alpha value is -2.38. The number of rotatable bonds is 4. The number of anilines is 2. The van der Waals surface area contributed by atoms with Gasteiger partial charge in [-0.2, -0.15) is 5.26 Å². The lowest BCUT2D eigenvalue weighted by Crippen LogP contribution is -2.01. The zero-order valence-electron chi connectivity index (χ0n) is 11.0. The van der Waals surface area contributed by atoms with Crippen molar-refractivity contribution < 1.29 is 4.74 Å². The summed E-state index contributed by atoms with van der Waals surface area (Å²) in [5.74, 6) is 0.658. The quantitative estimate of drug-likeness (QED) is 0.845. The summed E-state index contributed by atoms with van der Waals surface area (Å²) in [5.41, 5.74) is 8.78. The molecule has 0 saturated heterocycles. The molecule has 2 aromatic carbocycles. The Kier molecular flexibility index (Phi) is 4.34. The average molecular weight is 288 g/mol. The molecule has 2 aromatic rings. The highest BCUT2D eigenvalue weighted by Gasteiger charge is 2.04. The van der Waals surface area contributed by atoms with Crippen LogP contribution >= 0.6 is 11.6 Å². The van der Waals surface area contributed by atoms with Crippen molar-refractivity contribution >= 4 is 23.0 Å². The van der Waals surface area contributed by atoms with E-state index >= 15 is 0 Å². The summed E-state index contributed by atoms with van der Waals surface area (Å²) in [5, 5.41) is 12.5. The van der Waals surface area contributed by atoms with Crippen molar-refractivity contribution in [2.45, 2.75) is 6.54 Å². The first-order valence-electron chi connectivity index (χ1n) is 6.00. The normalized spacial score (nSPS) is 9.85. The van der Waals surface area contributed by atoms with Gasteiger partial charge in [-0.1, -0.05) is 17.7 Å². The molecule has 0 fully saturated rings. The molecule has 0 saturated carbocycles. The van der Waals surface area contributed by atoms with E-state index in [0.29, 0.717) is 28.6 Å². The second-order valence-electron chi connectivity index (χ2n) is 4.24. The Labute approximate surface area is 122 Å². The highest BCUT2D eigenvalue weighted by atomic mass is 35.5. The molecular weight excluding hydrogens is 274 g/mol. The number of halogens is 1. The minimum Gasteiger partial charge on any atom is -0.495 e. The van der Waals surface area contributed by atoms with Gasteiger partial charge in [-0.3, -0.25) is 0 Å². The van der Waals surface area contributed by atoms with Crippen LogP contribution in [0.4, 0.5) is 11.4 Å². The van der Waals surface area contributed by atoms with Crippen LogP contribution in [0.25, 0.3) is 0 Å². The van der Waals surface area contributed by atoms with Gasteiger partial charge in [0.1, 0.15) is 5.75 Å². The summed E-state index contributed by atoms with van der Waals surface area (Å²) in [6.07, 6.45) is 0. The van der Waals surface area contributed by atoms with Gasteiger partial charge in [-0.25, -0.2) is 0 Å².